The molecule has 6 nitrogen and oxygen atoms in total. The zero-order chi connectivity index (χ0) is 18.4. The van der Waals surface area contributed by atoms with Gasteiger partial charge in [-0.05, 0) is 51.4 Å². The fourth-order valence-electron chi connectivity index (χ4n) is 2.99. The van der Waals surface area contributed by atoms with Gasteiger partial charge in [0.2, 0.25) is 11.8 Å². The first-order chi connectivity index (χ1) is 12.0. The maximum absolute atomic E-state index is 12.5. The van der Waals surface area contributed by atoms with Crippen LogP contribution in [-0.2, 0) is 9.59 Å². The Kier molecular flexibility index (Phi) is 6.80. The summed E-state index contributed by atoms with van der Waals surface area (Å²) in [6.45, 7) is 5.72. The van der Waals surface area contributed by atoms with E-state index in [0.717, 1.165) is 19.4 Å². The van der Waals surface area contributed by atoms with Crippen LogP contribution in [-0.4, -0.2) is 42.4 Å². The summed E-state index contributed by atoms with van der Waals surface area (Å²) in [5.41, 5.74) is 0.923. The summed E-state index contributed by atoms with van der Waals surface area (Å²) in [6.07, 6.45) is 1.74. The van der Waals surface area contributed by atoms with Crippen molar-refractivity contribution in [2.24, 2.45) is 5.92 Å². The van der Waals surface area contributed by atoms with Crippen molar-refractivity contribution in [2.45, 2.75) is 32.7 Å². The van der Waals surface area contributed by atoms with Gasteiger partial charge in [0, 0.05) is 18.8 Å². The van der Waals surface area contributed by atoms with Crippen LogP contribution in [0.4, 0.5) is 5.69 Å². The van der Waals surface area contributed by atoms with Crippen LogP contribution in [0.15, 0.2) is 18.2 Å². The Balaban J connectivity index is 1.98. The molecule has 2 amide bonds. The van der Waals surface area contributed by atoms with Crippen LogP contribution < -0.4 is 10.6 Å². The molecule has 2 unspecified atom stereocenters. The van der Waals surface area contributed by atoms with Gasteiger partial charge in [0.05, 0.1) is 22.5 Å². The fourth-order valence-corrected chi connectivity index (χ4v) is 3.21. The molecule has 0 radical (unpaired) electrons. The first-order valence-electron chi connectivity index (χ1n) is 8.48. The van der Waals surface area contributed by atoms with Crippen molar-refractivity contribution >= 4 is 29.1 Å². The highest BCUT2D eigenvalue weighted by atomic mass is 35.5. The van der Waals surface area contributed by atoms with Crippen LogP contribution in [0, 0.1) is 17.2 Å². The van der Waals surface area contributed by atoms with E-state index in [1.165, 1.54) is 0 Å². The average Bonchev–Trinajstić information content (AvgIpc) is 2.61. The summed E-state index contributed by atoms with van der Waals surface area (Å²) in [5, 5.41) is 14.9. The summed E-state index contributed by atoms with van der Waals surface area (Å²) in [6, 6.07) is 6.43. The Morgan fingerprint density at radius 2 is 2.24 bits per heavy atom. The minimum atomic E-state index is -0.355. The topological polar surface area (TPSA) is 85.2 Å². The lowest BCUT2D eigenvalue weighted by Gasteiger charge is -2.35. The molecule has 1 aliphatic rings. The van der Waals surface area contributed by atoms with Gasteiger partial charge in [0.1, 0.15) is 6.07 Å². The standard InChI is InChI=1S/C18H23ClN4O2/c1-3-21-18(25)14-5-4-8-23(11-14)12(2)17(24)22-15-7-6-13(10-20)16(19)9-15/h6-7,9,12,14H,3-5,8,11H2,1-2H3,(H,21,25)(H,22,24). The Morgan fingerprint density at radius 3 is 2.88 bits per heavy atom. The molecule has 0 bridgehead atoms. The first-order valence-corrected chi connectivity index (χ1v) is 8.86. The van der Waals surface area contributed by atoms with Gasteiger partial charge in [-0.15, -0.1) is 0 Å². The number of carbonyl (C=O) groups excluding carboxylic acids is 2. The number of anilines is 1. The molecule has 0 aliphatic carbocycles. The van der Waals surface area contributed by atoms with Crippen LogP contribution in [0.5, 0.6) is 0 Å². The second kappa shape index (κ2) is 8.84. The molecule has 0 saturated carbocycles. The number of nitrogens with one attached hydrogen (secondary N) is 2. The van der Waals surface area contributed by atoms with Crippen molar-refractivity contribution < 1.29 is 9.59 Å². The van der Waals surface area contributed by atoms with Crippen molar-refractivity contribution in [2.75, 3.05) is 25.0 Å². The lowest BCUT2D eigenvalue weighted by molar-refractivity contribution is -0.129. The van der Waals surface area contributed by atoms with E-state index in [4.69, 9.17) is 16.9 Å². The third kappa shape index (κ3) is 4.94. The number of hydrogen-bond acceptors (Lipinski definition) is 4. The summed E-state index contributed by atoms with van der Waals surface area (Å²) >= 11 is 6.00. The van der Waals surface area contributed by atoms with Gasteiger partial charge in [-0.2, -0.15) is 5.26 Å². The number of rotatable bonds is 5. The van der Waals surface area contributed by atoms with Crippen LogP contribution >= 0.6 is 11.6 Å². The molecule has 0 aromatic heterocycles. The summed E-state index contributed by atoms with van der Waals surface area (Å²) in [4.78, 5) is 26.6. The number of amides is 2. The molecule has 134 valence electrons. The number of nitriles is 1. The molecule has 1 heterocycles. The smallest absolute Gasteiger partial charge is 0.241 e. The number of nitrogens with zero attached hydrogens (tertiary/aromatic N) is 2. The van der Waals surface area contributed by atoms with E-state index in [1.54, 1.807) is 18.2 Å². The molecule has 1 aromatic rings. The van der Waals surface area contributed by atoms with Gasteiger partial charge in [0.15, 0.2) is 0 Å². The van der Waals surface area contributed by atoms with E-state index in [1.807, 2.05) is 24.8 Å². The molecule has 2 N–H and O–H groups in total. The predicted octanol–water partition coefficient (Wildman–Crippen LogP) is 2.39. The number of carbonyl (C=O) groups is 2. The van der Waals surface area contributed by atoms with E-state index in [9.17, 15) is 9.59 Å². The van der Waals surface area contributed by atoms with E-state index in [0.29, 0.717) is 29.4 Å². The Bertz CT molecular complexity index is 686. The zero-order valence-electron chi connectivity index (χ0n) is 14.5. The second-order valence-electron chi connectivity index (χ2n) is 6.20. The molecule has 2 rings (SSSR count). The lowest BCUT2D eigenvalue weighted by atomic mass is 9.96. The summed E-state index contributed by atoms with van der Waals surface area (Å²) < 4.78 is 0. The molecule has 25 heavy (non-hydrogen) atoms. The van der Waals surface area contributed by atoms with Gasteiger partial charge < -0.3 is 10.6 Å². The minimum absolute atomic E-state index is 0.0543. The van der Waals surface area contributed by atoms with Crippen LogP contribution in [0.3, 0.4) is 0 Å². The number of likely N-dealkylation sites (tertiary alicyclic amines) is 1. The average molecular weight is 363 g/mol. The van der Waals surface area contributed by atoms with Crippen LogP contribution in [0.25, 0.3) is 0 Å². The maximum atomic E-state index is 12.5. The SMILES string of the molecule is CCNC(=O)C1CCCN(C(C)C(=O)Nc2ccc(C#N)c(Cl)c2)C1. The molecule has 2 atom stereocenters. The zero-order valence-corrected chi connectivity index (χ0v) is 15.3. The van der Waals surface area contributed by atoms with E-state index < -0.39 is 0 Å². The highest BCUT2D eigenvalue weighted by molar-refractivity contribution is 6.32. The van der Waals surface area contributed by atoms with Gasteiger partial charge in [-0.25, -0.2) is 0 Å². The van der Waals surface area contributed by atoms with Crippen molar-refractivity contribution in [1.82, 2.24) is 10.2 Å². The summed E-state index contributed by atoms with van der Waals surface area (Å²) in [5.74, 6) is -0.177. The quantitative estimate of drug-likeness (QED) is 0.842. The molecule has 7 heteroatoms. The molecular formula is C18H23ClN4O2. The van der Waals surface area contributed by atoms with E-state index in [2.05, 4.69) is 10.6 Å². The van der Waals surface area contributed by atoms with E-state index in [-0.39, 0.29) is 23.8 Å². The van der Waals surface area contributed by atoms with Gasteiger partial charge in [0.25, 0.3) is 0 Å². The van der Waals surface area contributed by atoms with Gasteiger partial charge in [-0.3, -0.25) is 14.5 Å². The van der Waals surface area contributed by atoms with Crippen molar-refractivity contribution in [3.8, 4) is 6.07 Å². The van der Waals surface area contributed by atoms with Crippen molar-refractivity contribution in [3.63, 3.8) is 0 Å². The third-order valence-corrected chi connectivity index (χ3v) is 4.77. The lowest BCUT2D eigenvalue weighted by Crippen LogP contribution is -2.50. The first kappa shape index (κ1) is 19.2. The van der Waals surface area contributed by atoms with Crippen molar-refractivity contribution in [1.29, 1.82) is 5.26 Å². The normalized spacial score (nSPS) is 18.9. The fraction of sp³-hybridized carbons (Fsp3) is 0.500. The Labute approximate surface area is 153 Å². The maximum Gasteiger partial charge on any atom is 0.241 e. The Morgan fingerprint density at radius 1 is 1.48 bits per heavy atom. The Hall–Kier alpha value is -2.10. The van der Waals surface area contributed by atoms with Gasteiger partial charge in [-0.1, -0.05) is 11.6 Å². The minimum Gasteiger partial charge on any atom is -0.356 e. The van der Waals surface area contributed by atoms with Gasteiger partial charge >= 0.3 is 0 Å². The second-order valence-corrected chi connectivity index (χ2v) is 6.61. The van der Waals surface area contributed by atoms with E-state index >= 15 is 0 Å². The number of hydrogen-bond donors (Lipinski definition) is 2. The molecule has 1 aliphatic heterocycles. The molecule has 1 aromatic carbocycles. The molecule has 1 fully saturated rings. The molecule has 0 spiro atoms. The van der Waals surface area contributed by atoms with Crippen LogP contribution in [0.1, 0.15) is 32.3 Å². The van der Waals surface area contributed by atoms with Crippen LogP contribution in [0.2, 0.25) is 5.02 Å². The monoisotopic (exact) mass is 362 g/mol. The number of halogens is 1. The largest absolute Gasteiger partial charge is 0.356 e. The highest BCUT2D eigenvalue weighted by Gasteiger charge is 2.30. The summed E-state index contributed by atoms with van der Waals surface area (Å²) in [7, 11) is 0. The molecular weight excluding hydrogens is 340 g/mol. The third-order valence-electron chi connectivity index (χ3n) is 4.46. The highest BCUT2D eigenvalue weighted by Crippen LogP contribution is 2.22. The molecule has 1 saturated heterocycles. The number of benzene rings is 1. The van der Waals surface area contributed by atoms with Crippen molar-refractivity contribution in [3.05, 3.63) is 28.8 Å². The predicted molar refractivity (Wildman–Crippen MR) is 97.2 cm³/mol. The number of piperidine rings is 1.